The van der Waals surface area contributed by atoms with Gasteiger partial charge in [0, 0.05) is 12.2 Å². The van der Waals surface area contributed by atoms with Crippen molar-refractivity contribution in [1.29, 1.82) is 0 Å². The van der Waals surface area contributed by atoms with Crippen molar-refractivity contribution in [1.82, 2.24) is 15.1 Å². The summed E-state index contributed by atoms with van der Waals surface area (Å²) < 4.78 is 13.1. The highest BCUT2D eigenvalue weighted by Crippen LogP contribution is 2.32. The van der Waals surface area contributed by atoms with Gasteiger partial charge in [0.15, 0.2) is 0 Å². The van der Waals surface area contributed by atoms with Gasteiger partial charge < -0.3 is 10.0 Å². The number of halogens is 1. The zero-order valence-corrected chi connectivity index (χ0v) is 12.3. The summed E-state index contributed by atoms with van der Waals surface area (Å²) in [5.41, 5.74) is 2.42. The van der Waals surface area contributed by atoms with E-state index in [9.17, 15) is 14.3 Å². The lowest BCUT2D eigenvalue weighted by Crippen LogP contribution is -2.33. The molecule has 2 N–H and O–H groups in total. The molecule has 1 aliphatic rings. The van der Waals surface area contributed by atoms with Gasteiger partial charge in [0.1, 0.15) is 5.82 Å². The summed E-state index contributed by atoms with van der Waals surface area (Å²) in [6.45, 7) is 2.17. The third kappa shape index (κ3) is 3.01. The molecule has 5 nitrogen and oxygen atoms in total. The molecule has 1 aliphatic heterocycles. The summed E-state index contributed by atoms with van der Waals surface area (Å²) in [6, 6.07) is 7.69. The van der Waals surface area contributed by atoms with Crippen LogP contribution in [0.3, 0.4) is 0 Å². The van der Waals surface area contributed by atoms with Crippen LogP contribution in [0.2, 0.25) is 0 Å². The lowest BCUT2D eigenvalue weighted by atomic mass is 10.0. The molecule has 0 bridgehead atoms. The molecule has 1 amide bonds. The average molecular weight is 303 g/mol. The molecule has 2 atom stereocenters. The van der Waals surface area contributed by atoms with Crippen LogP contribution in [0.25, 0.3) is 0 Å². The van der Waals surface area contributed by atoms with Gasteiger partial charge in [-0.3, -0.25) is 9.89 Å². The second-order valence-electron chi connectivity index (χ2n) is 5.72. The van der Waals surface area contributed by atoms with Gasteiger partial charge in [-0.05, 0) is 37.1 Å². The largest absolute Gasteiger partial charge is 0.391 e. The van der Waals surface area contributed by atoms with Crippen LogP contribution in [0.15, 0.2) is 30.3 Å². The fourth-order valence-corrected chi connectivity index (χ4v) is 2.91. The molecule has 116 valence electrons. The fraction of sp³-hybridized carbons (Fsp3) is 0.375. The number of carbonyl (C=O) groups excluding carboxylic acids is 1. The highest BCUT2D eigenvalue weighted by molar-refractivity contribution is 5.79. The van der Waals surface area contributed by atoms with E-state index in [1.54, 1.807) is 17.0 Å². The third-order valence-corrected chi connectivity index (χ3v) is 3.95. The number of aromatic nitrogens is 2. The monoisotopic (exact) mass is 303 g/mol. The molecule has 2 aromatic rings. The number of aromatic amines is 1. The number of aliphatic hydroxyl groups is 1. The van der Waals surface area contributed by atoms with Crippen LogP contribution in [-0.4, -0.2) is 38.8 Å². The van der Waals surface area contributed by atoms with E-state index in [1.165, 1.54) is 12.1 Å². The van der Waals surface area contributed by atoms with Crippen LogP contribution in [0.5, 0.6) is 0 Å². The number of benzene rings is 1. The molecule has 0 aliphatic carbocycles. The number of likely N-dealkylation sites (tertiary alicyclic amines) is 1. The Morgan fingerprint density at radius 2 is 2.18 bits per heavy atom. The summed E-state index contributed by atoms with van der Waals surface area (Å²) in [5, 5.41) is 16.8. The first-order valence-corrected chi connectivity index (χ1v) is 7.27. The van der Waals surface area contributed by atoms with Crippen molar-refractivity contribution in [2.75, 3.05) is 6.54 Å². The highest BCUT2D eigenvalue weighted by atomic mass is 19.1. The van der Waals surface area contributed by atoms with Crippen LogP contribution >= 0.6 is 0 Å². The fourth-order valence-electron chi connectivity index (χ4n) is 2.91. The predicted molar refractivity (Wildman–Crippen MR) is 78.5 cm³/mol. The second kappa shape index (κ2) is 5.88. The number of aliphatic hydroxyl groups excluding tert-OH is 1. The maximum atomic E-state index is 13.1. The molecule has 3 rings (SSSR count). The van der Waals surface area contributed by atoms with Crippen LogP contribution in [0.4, 0.5) is 4.39 Å². The number of carbonyl (C=O) groups is 1. The lowest BCUT2D eigenvalue weighted by molar-refractivity contribution is -0.131. The van der Waals surface area contributed by atoms with Crippen molar-refractivity contribution in [3.05, 3.63) is 53.1 Å². The van der Waals surface area contributed by atoms with Gasteiger partial charge >= 0.3 is 0 Å². The number of amides is 1. The molecule has 6 heteroatoms. The standard InChI is InChI=1S/C16H18FN3O2/c1-10-6-13(19-18-10)7-16(22)20-9-14(21)8-15(20)11-2-4-12(17)5-3-11/h2-6,14-15,21H,7-9H2,1H3,(H,18,19)/t14-,15-/m0/s1. The first-order chi connectivity index (χ1) is 10.5. The zero-order chi connectivity index (χ0) is 15.7. The van der Waals surface area contributed by atoms with E-state index in [-0.39, 0.29) is 24.2 Å². The smallest absolute Gasteiger partial charge is 0.229 e. The summed E-state index contributed by atoms with van der Waals surface area (Å²) in [6.07, 6.45) is 0.103. The van der Waals surface area contributed by atoms with E-state index in [0.717, 1.165) is 11.3 Å². The minimum Gasteiger partial charge on any atom is -0.391 e. The quantitative estimate of drug-likeness (QED) is 0.907. The van der Waals surface area contributed by atoms with Gasteiger partial charge in [-0.25, -0.2) is 4.39 Å². The van der Waals surface area contributed by atoms with Gasteiger partial charge in [-0.15, -0.1) is 0 Å². The van der Waals surface area contributed by atoms with E-state index in [4.69, 9.17) is 0 Å². The van der Waals surface area contributed by atoms with E-state index < -0.39 is 6.10 Å². The molecule has 1 aromatic carbocycles. The molecule has 2 heterocycles. The number of rotatable bonds is 3. The van der Waals surface area contributed by atoms with Gasteiger partial charge in [0.25, 0.3) is 0 Å². The van der Waals surface area contributed by atoms with Crippen LogP contribution < -0.4 is 0 Å². The molecular weight excluding hydrogens is 285 g/mol. The summed E-state index contributed by atoms with van der Waals surface area (Å²) in [7, 11) is 0. The first kappa shape index (κ1) is 14.7. The van der Waals surface area contributed by atoms with Gasteiger partial charge in [0.2, 0.25) is 5.91 Å². The number of aryl methyl sites for hydroxylation is 1. The molecule has 1 aromatic heterocycles. The molecule has 0 spiro atoms. The third-order valence-electron chi connectivity index (χ3n) is 3.95. The number of H-pyrrole nitrogens is 1. The Kier molecular flexibility index (Phi) is 3.94. The maximum absolute atomic E-state index is 13.1. The molecule has 1 saturated heterocycles. The highest BCUT2D eigenvalue weighted by Gasteiger charge is 2.35. The summed E-state index contributed by atoms with van der Waals surface area (Å²) in [5.74, 6) is -0.399. The van der Waals surface area contributed by atoms with Crippen LogP contribution in [-0.2, 0) is 11.2 Å². The van der Waals surface area contributed by atoms with Crippen molar-refractivity contribution in [2.24, 2.45) is 0 Å². The Morgan fingerprint density at radius 3 is 2.82 bits per heavy atom. The number of nitrogens with zero attached hydrogens (tertiary/aromatic N) is 2. The maximum Gasteiger partial charge on any atom is 0.229 e. The lowest BCUT2D eigenvalue weighted by Gasteiger charge is -2.24. The molecule has 0 radical (unpaired) electrons. The van der Waals surface area contributed by atoms with Gasteiger partial charge in [-0.2, -0.15) is 5.10 Å². The molecule has 0 saturated carbocycles. The Labute approximate surface area is 127 Å². The van der Waals surface area contributed by atoms with Gasteiger partial charge in [-0.1, -0.05) is 12.1 Å². The normalized spacial score (nSPS) is 21.3. The molecule has 1 fully saturated rings. The van der Waals surface area contributed by atoms with Crippen LogP contribution in [0, 0.1) is 12.7 Å². The molecule has 0 unspecified atom stereocenters. The van der Waals surface area contributed by atoms with Gasteiger partial charge in [0.05, 0.1) is 24.3 Å². The topological polar surface area (TPSA) is 69.2 Å². The number of β-amino-alcohol motifs (C(OH)–C–C–N with tert-alkyl or cyclic N) is 1. The van der Waals surface area contributed by atoms with Crippen molar-refractivity contribution in [3.8, 4) is 0 Å². The zero-order valence-electron chi connectivity index (χ0n) is 12.3. The Hall–Kier alpha value is -2.21. The minimum atomic E-state index is -0.556. The second-order valence-corrected chi connectivity index (χ2v) is 5.72. The Bertz CT molecular complexity index is 668. The number of hydrogen-bond donors (Lipinski definition) is 2. The molecular formula is C16H18FN3O2. The Morgan fingerprint density at radius 1 is 1.45 bits per heavy atom. The predicted octanol–water partition coefficient (Wildman–Crippen LogP) is 1.73. The minimum absolute atomic E-state index is 0.0858. The number of hydrogen-bond acceptors (Lipinski definition) is 3. The van der Waals surface area contributed by atoms with E-state index in [2.05, 4.69) is 10.2 Å². The van der Waals surface area contributed by atoms with Crippen molar-refractivity contribution >= 4 is 5.91 Å². The first-order valence-electron chi connectivity index (χ1n) is 7.27. The summed E-state index contributed by atoms with van der Waals surface area (Å²) >= 11 is 0. The SMILES string of the molecule is Cc1cc(CC(=O)N2C[C@@H](O)C[C@H]2c2ccc(F)cc2)n[nH]1. The molecule has 22 heavy (non-hydrogen) atoms. The Balaban J connectivity index is 1.78. The van der Waals surface area contributed by atoms with Crippen molar-refractivity contribution < 1.29 is 14.3 Å². The van der Waals surface area contributed by atoms with Crippen molar-refractivity contribution in [2.45, 2.75) is 31.9 Å². The van der Waals surface area contributed by atoms with Crippen molar-refractivity contribution in [3.63, 3.8) is 0 Å². The summed E-state index contributed by atoms with van der Waals surface area (Å²) in [4.78, 5) is 14.2. The van der Waals surface area contributed by atoms with Crippen LogP contribution in [0.1, 0.15) is 29.4 Å². The van der Waals surface area contributed by atoms with E-state index in [1.807, 2.05) is 13.0 Å². The van der Waals surface area contributed by atoms with E-state index in [0.29, 0.717) is 18.7 Å². The average Bonchev–Trinajstić information content (AvgIpc) is 3.06. The number of nitrogens with one attached hydrogen (secondary N) is 1. The van der Waals surface area contributed by atoms with E-state index >= 15 is 0 Å².